The first-order valence-electron chi connectivity index (χ1n) is 8.87. The summed E-state index contributed by atoms with van der Waals surface area (Å²) in [5.74, 6) is -0.0428. The van der Waals surface area contributed by atoms with E-state index in [1.807, 2.05) is 0 Å². The van der Waals surface area contributed by atoms with Crippen LogP contribution in [0.2, 0.25) is 0 Å². The van der Waals surface area contributed by atoms with Gasteiger partial charge in [-0.2, -0.15) is 0 Å². The van der Waals surface area contributed by atoms with Gasteiger partial charge in [-0.05, 0) is 19.8 Å². The van der Waals surface area contributed by atoms with E-state index in [9.17, 15) is 4.79 Å². The molecule has 7 heteroatoms. The predicted molar refractivity (Wildman–Crippen MR) is 88.0 cm³/mol. The van der Waals surface area contributed by atoms with Gasteiger partial charge in [-0.25, -0.2) is 0 Å². The van der Waals surface area contributed by atoms with Gasteiger partial charge in [-0.1, -0.05) is 0 Å². The first-order valence-corrected chi connectivity index (χ1v) is 8.87. The van der Waals surface area contributed by atoms with Crippen LogP contribution in [0.3, 0.4) is 0 Å². The Morgan fingerprint density at radius 1 is 1.04 bits per heavy atom. The van der Waals surface area contributed by atoms with Gasteiger partial charge >= 0.3 is 0 Å². The van der Waals surface area contributed by atoms with Crippen molar-refractivity contribution in [1.29, 1.82) is 0 Å². The summed E-state index contributed by atoms with van der Waals surface area (Å²) in [4.78, 5) is 10.6. The second-order valence-electron chi connectivity index (χ2n) is 6.51. The molecule has 0 aromatic heterocycles. The van der Waals surface area contributed by atoms with Crippen molar-refractivity contribution < 1.29 is 28.5 Å². The first-order chi connectivity index (χ1) is 11.6. The molecule has 3 atom stereocenters. The molecule has 0 bridgehead atoms. The average Bonchev–Trinajstić information content (AvgIpc) is 3.22. The van der Waals surface area contributed by atoms with Crippen LogP contribution in [0.5, 0.6) is 0 Å². The number of carbonyl (C=O) groups is 1. The first kappa shape index (κ1) is 19.6. The molecule has 1 N–H and O–H groups in total. The minimum Gasteiger partial charge on any atom is -0.377 e. The Hall–Kier alpha value is -0.730. The van der Waals surface area contributed by atoms with Crippen LogP contribution in [-0.2, 0) is 28.5 Å². The van der Waals surface area contributed by atoms with Crippen molar-refractivity contribution in [3.63, 3.8) is 0 Å². The monoisotopic (exact) mass is 345 g/mol. The Kier molecular flexibility index (Phi) is 8.41. The number of hydrogen-bond donors (Lipinski definition) is 1. The highest BCUT2D eigenvalue weighted by Crippen LogP contribution is 2.47. The molecule has 2 rings (SSSR count). The van der Waals surface area contributed by atoms with Crippen molar-refractivity contribution >= 4 is 5.91 Å². The molecule has 140 valence electrons. The quantitative estimate of drug-likeness (QED) is 0.395. The van der Waals surface area contributed by atoms with Gasteiger partial charge in [0.1, 0.15) is 0 Å². The van der Waals surface area contributed by atoms with Crippen molar-refractivity contribution in [3.05, 3.63) is 0 Å². The van der Waals surface area contributed by atoms with Crippen LogP contribution < -0.4 is 5.32 Å². The third-order valence-electron chi connectivity index (χ3n) is 4.36. The Morgan fingerprint density at radius 3 is 2.29 bits per heavy atom. The number of hydrogen-bond acceptors (Lipinski definition) is 6. The number of epoxide rings is 1. The zero-order chi connectivity index (χ0) is 17.3. The fourth-order valence-corrected chi connectivity index (χ4v) is 2.98. The van der Waals surface area contributed by atoms with Gasteiger partial charge in [0.25, 0.3) is 0 Å². The second-order valence-corrected chi connectivity index (χ2v) is 6.51. The largest absolute Gasteiger partial charge is 0.377 e. The number of fused-ring (bicyclic) bond motifs is 1. The zero-order valence-corrected chi connectivity index (χ0v) is 14.9. The summed E-state index contributed by atoms with van der Waals surface area (Å²) < 4.78 is 27.7. The molecular formula is C17H31NO6. The molecule has 1 saturated carbocycles. The van der Waals surface area contributed by atoms with Crippen molar-refractivity contribution in [2.45, 2.75) is 50.9 Å². The molecule has 1 amide bonds. The third-order valence-corrected chi connectivity index (χ3v) is 4.36. The molecule has 2 fully saturated rings. The summed E-state index contributed by atoms with van der Waals surface area (Å²) in [6.07, 6.45) is 3.99. The van der Waals surface area contributed by atoms with E-state index in [1.165, 1.54) is 6.92 Å². The number of nitrogens with one attached hydrogen (secondary N) is 1. The highest BCUT2D eigenvalue weighted by atomic mass is 16.6. The lowest BCUT2D eigenvalue weighted by molar-refractivity contribution is -0.119. The molecular weight excluding hydrogens is 314 g/mol. The van der Waals surface area contributed by atoms with Gasteiger partial charge in [0, 0.05) is 19.9 Å². The van der Waals surface area contributed by atoms with E-state index in [0.717, 1.165) is 19.3 Å². The number of amides is 1. The summed E-state index contributed by atoms with van der Waals surface area (Å²) in [6.45, 7) is 8.06. The van der Waals surface area contributed by atoms with Crippen molar-refractivity contribution in [2.75, 3.05) is 52.8 Å². The van der Waals surface area contributed by atoms with Crippen molar-refractivity contribution in [3.8, 4) is 0 Å². The summed E-state index contributed by atoms with van der Waals surface area (Å²) in [5, 5.41) is 2.66. The van der Waals surface area contributed by atoms with Gasteiger partial charge < -0.3 is 29.0 Å². The van der Waals surface area contributed by atoms with Crippen molar-refractivity contribution in [1.82, 2.24) is 5.32 Å². The minimum atomic E-state index is -0.0428. The molecule has 0 spiro atoms. The summed E-state index contributed by atoms with van der Waals surface area (Å²) in [7, 11) is 0. The minimum absolute atomic E-state index is 0.0428. The van der Waals surface area contributed by atoms with Crippen LogP contribution in [0.15, 0.2) is 0 Å². The zero-order valence-electron chi connectivity index (χ0n) is 14.9. The second kappa shape index (κ2) is 10.3. The summed E-state index contributed by atoms with van der Waals surface area (Å²) in [6, 6.07) is 0. The van der Waals surface area contributed by atoms with Crippen LogP contribution in [0.1, 0.15) is 33.1 Å². The van der Waals surface area contributed by atoms with Gasteiger partial charge in [0.2, 0.25) is 5.91 Å². The standard InChI is InChI=1S/C17H31NO6/c1-14(19)18-5-6-20-7-8-21-9-10-22-11-12-23-15-3-4-16-17(2,13-15)24-16/h15-16H,3-13H2,1-2H3,(H,18,19). The van der Waals surface area contributed by atoms with Crippen LogP contribution in [0.25, 0.3) is 0 Å². The molecule has 7 nitrogen and oxygen atoms in total. The Labute approximate surface area is 144 Å². The van der Waals surface area contributed by atoms with E-state index in [0.29, 0.717) is 65.0 Å². The predicted octanol–water partition coefficient (Wildman–Crippen LogP) is 0.899. The molecule has 0 aromatic carbocycles. The van der Waals surface area contributed by atoms with E-state index in [1.54, 1.807) is 0 Å². The maximum atomic E-state index is 10.6. The molecule has 3 unspecified atom stereocenters. The van der Waals surface area contributed by atoms with Crippen molar-refractivity contribution in [2.24, 2.45) is 0 Å². The average molecular weight is 345 g/mol. The fraction of sp³-hybridized carbons (Fsp3) is 0.941. The van der Waals surface area contributed by atoms with E-state index < -0.39 is 0 Å². The van der Waals surface area contributed by atoms with Gasteiger partial charge in [-0.15, -0.1) is 0 Å². The smallest absolute Gasteiger partial charge is 0.216 e. The van der Waals surface area contributed by atoms with Gasteiger partial charge in [0.05, 0.1) is 64.1 Å². The molecule has 1 saturated heterocycles. The fourth-order valence-electron chi connectivity index (χ4n) is 2.98. The lowest BCUT2D eigenvalue weighted by Crippen LogP contribution is -2.29. The summed E-state index contributed by atoms with van der Waals surface area (Å²) in [5.41, 5.74) is 0.0851. The maximum Gasteiger partial charge on any atom is 0.216 e. The Bertz CT molecular complexity index is 380. The molecule has 0 radical (unpaired) electrons. The third kappa shape index (κ3) is 7.44. The number of rotatable bonds is 13. The van der Waals surface area contributed by atoms with Gasteiger partial charge in [-0.3, -0.25) is 4.79 Å². The highest BCUT2D eigenvalue weighted by Gasteiger charge is 2.55. The van der Waals surface area contributed by atoms with Crippen LogP contribution in [-0.4, -0.2) is 76.5 Å². The van der Waals surface area contributed by atoms with E-state index in [2.05, 4.69) is 12.2 Å². The van der Waals surface area contributed by atoms with Crippen LogP contribution in [0.4, 0.5) is 0 Å². The highest BCUT2D eigenvalue weighted by molar-refractivity contribution is 5.72. The Morgan fingerprint density at radius 2 is 1.67 bits per heavy atom. The van der Waals surface area contributed by atoms with E-state index >= 15 is 0 Å². The number of carbonyl (C=O) groups excluding carboxylic acids is 1. The number of ether oxygens (including phenoxy) is 5. The summed E-state index contributed by atoms with van der Waals surface area (Å²) >= 11 is 0. The molecule has 2 aliphatic rings. The molecule has 0 aromatic rings. The van der Waals surface area contributed by atoms with Crippen LogP contribution >= 0.6 is 0 Å². The topological polar surface area (TPSA) is 78.6 Å². The van der Waals surface area contributed by atoms with Gasteiger partial charge in [0.15, 0.2) is 0 Å². The SMILES string of the molecule is CC(=O)NCCOCCOCCOCCOC1CCC2OC2(C)C1. The molecule has 24 heavy (non-hydrogen) atoms. The Balaban J connectivity index is 1.28. The van der Waals surface area contributed by atoms with E-state index in [-0.39, 0.29) is 11.5 Å². The lowest BCUT2D eigenvalue weighted by Gasteiger charge is -2.23. The molecule has 1 heterocycles. The normalized spacial score (nSPS) is 28.4. The maximum absolute atomic E-state index is 10.6. The molecule has 1 aliphatic carbocycles. The molecule has 1 aliphatic heterocycles. The van der Waals surface area contributed by atoms with E-state index in [4.69, 9.17) is 23.7 Å². The van der Waals surface area contributed by atoms with Crippen LogP contribution in [0, 0.1) is 0 Å². The lowest BCUT2D eigenvalue weighted by atomic mass is 9.88.